The van der Waals surface area contributed by atoms with Gasteiger partial charge in [-0.3, -0.25) is 15.1 Å². The molecule has 14 heavy (non-hydrogen) atoms. The van der Waals surface area contributed by atoms with Gasteiger partial charge in [0.25, 0.3) is 0 Å². The molecule has 0 fully saturated rings. The molecule has 1 heterocycles. The number of pyridine rings is 1. The maximum Gasteiger partial charge on any atom is 0.240 e. The normalized spacial score (nSPS) is 12.8. The summed E-state index contributed by atoms with van der Waals surface area (Å²) in [4.78, 5) is 15.2. The summed E-state index contributed by atoms with van der Waals surface area (Å²) in [7, 11) is 0. The molecule has 0 aliphatic carbocycles. The molecule has 4 heteroatoms. The van der Waals surface area contributed by atoms with Gasteiger partial charge in [-0.25, -0.2) is 0 Å². The lowest BCUT2D eigenvalue weighted by Crippen LogP contribution is -2.37. The minimum absolute atomic E-state index is 0.189. The molecular formula is C10H15N3O. The van der Waals surface area contributed by atoms with E-state index < -0.39 is 11.9 Å². The van der Waals surface area contributed by atoms with Gasteiger partial charge in [0.2, 0.25) is 5.91 Å². The van der Waals surface area contributed by atoms with E-state index in [-0.39, 0.29) is 6.04 Å². The van der Waals surface area contributed by atoms with Crippen LogP contribution in [0.25, 0.3) is 0 Å². The molecule has 76 valence electrons. The Morgan fingerprint density at radius 3 is 2.64 bits per heavy atom. The molecule has 0 saturated heterocycles. The van der Waals surface area contributed by atoms with Crippen LogP contribution in [-0.2, 0) is 4.79 Å². The van der Waals surface area contributed by atoms with Gasteiger partial charge in [-0.15, -0.1) is 0 Å². The summed E-state index contributed by atoms with van der Waals surface area (Å²) in [5, 5.41) is 3.06. The lowest BCUT2D eigenvalue weighted by atomic mass is 10.1. The Bertz CT molecular complexity index is 297. The molecule has 3 N–H and O–H groups in total. The maximum atomic E-state index is 11.2. The summed E-state index contributed by atoms with van der Waals surface area (Å²) in [5.41, 5.74) is 5.94. The van der Waals surface area contributed by atoms with Crippen LogP contribution in [0.5, 0.6) is 0 Å². The minimum atomic E-state index is -0.504. The Hall–Kier alpha value is -1.42. The van der Waals surface area contributed by atoms with Crippen molar-refractivity contribution in [3.8, 4) is 0 Å². The van der Waals surface area contributed by atoms with E-state index in [1.165, 1.54) is 0 Å². The topological polar surface area (TPSA) is 68.0 Å². The number of nitrogens with two attached hydrogens (primary N) is 1. The Labute approximate surface area is 83.5 Å². The second-order valence-electron chi connectivity index (χ2n) is 3.41. The zero-order valence-electron chi connectivity index (χ0n) is 8.40. The fourth-order valence-corrected chi connectivity index (χ4v) is 1.19. The summed E-state index contributed by atoms with van der Waals surface area (Å²) in [6.07, 6.45) is 1.65. The zero-order valence-corrected chi connectivity index (χ0v) is 8.40. The number of carbonyl (C=O) groups is 1. The number of hydrogen-bond acceptors (Lipinski definition) is 3. The van der Waals surface area contributed by atoms with Crippen molar-refractivity contribution in [1.29, 1.82) is 0 Å². The molecule has 0 spiro atoms. The number of amides is 1. The number of hydrogen-bond donors (Lipinski definition) is 2. The molecule has 0 aromatic carbocycles. The van der Waals surface area contributed by atoms with Crippen molar-refractivity contribution in [3.63, 3.8) is 0 Å². The van der Waals surface area contributed by atoms with E-state index in [1.54, 1.807) is 18.3 Å². The van der Waals surface area contributed by atoms with E-state index in [0.29, 0.717) is 5.69 Å². The Morgan fingerprint density at radius 2 is 2.21 bits per heavy atom. The van der Waals surface area contributed by atoms with Crippen molar-refractivity contribution < 1.29 is 4.79 Å². The van der Waals surface area contributed by atoms with Crippen molar-refractivity contribution in [2.24, 2.45) is 5.73 Å². The quantitative estimate of drug-likeness (QED) is 0.736. The van der Waals surface area contributed by atoms with Crippen LogP contribution in [0.15, 0.2) is 24.4 Å². The number of nitrogens with one attached hydrogen (secondary N) is 1. The third-order valence-corrected chi connectivity index (χ3v) is 1.77. The van der Waals surface area contributed by atoms with Crippen molar-refractivity contribution >= 4 is 5.91 Å². The highest BCUT2D eigenvalue weighted by Crippen LogP contribution is 2.09. The summed E-state index contributed by atoms with van der Waals surface area (Å²) in [5.74, 6) is -0.405. The first-order chi connectivity index (χ1) is 6.61. The molecule has 1 rings (SSSR count). The van der Waals surface area contributed by atoms with Crippen LogP contribution < -0.4 is 11.1 Å². The predicted molar refractivity (Wildman–Crippen MR) is 54.4 cm³/mol. The smallest absolute Gasteiger partial charge is 0.240 e. The van der Waals surface area contributed by atoms with Crippen molar-refractivity contribution in [2.45, 2.75) is 25.9 Å². The number of rotatable bonds is 4. The monoisotopic (exact) mass is 193 g/mol. The van der Waals surface area contributed by atoms with Crippen LogP contribution in [0.1, 0.15) is 25.6 Å². The standard InChI is InChI=1S/C10H15N3O/c1-7(2)13-9(10(11)14)8-5-3-4-6-12-8/h3-7,9,13H,1-2H3,(H2,11,14). The average molecular weight is 193 g/mol. The molecule has 0 aliphatic heterocycles. The molecule has 1 aromatic heterocycles. The molecule has 1 amide bonds. The van der Waals surface area contributed by atoms with E-state index in [4.69, 9.17) is 5.73 Å². The molecule has 0 saturated carbocycles. The van der Waals surface area contributed by atoms with E-state index in [1.807, 2.05) is 19.9 Å². The van der Waals surface area contributed by atoms with Crippen molar-refractivity contribution in [3.05, 3.63) is 30.1 Å². The van der Waals surface area contributed by atoms with Gasteiger partial charge in [-0.05, 0) is 26.0 Å². The van der Waals surface area contributed by atoms with Crippen LogP contribution in [0, 0.1) is 0 Å². The van der Waals surface area contributed by atoms with Crippen LogP contribution in [0.2, 0.25) is 0 Å². The Morgan fingerprint density at radius 1 is 1.50 bits per heavy atom. The highest BCUT2D eigenvalue weighted by molar-refractivity contribution is 5.80. The van der Waals surface area contributed by atoms with Gasteiger partial charge in [0, 0.05) is 12.2 Å². The van der Waals surface area contributed by atoms with E-state index >= 15 is 0 Å². The molecule has 0 radical (unpaired) electrons. The molecule has 4 nitrogen and oxygen atoms in total. The van der Waals surface area contributed by atoms with Gasteiger partial charge in [0.15, 0.2) is 0 Å². The number of aromatic nitrogens is 1. The minimum Gasteiger partial charge on any atom is -0.368 e. The van der Waals surface area contributed by atoms with Crippen molar-refractivity contribution in [2.75, 3.05) is 0 Å². The van der Waals surface area contributed by atoms with Gasteiger partial charge in [-0.1, -0.05) is 6.07 Å². The third kappa shape index (κ3) is 2.81. The van der Waals surface area contributed by atoms with E-state index in [9.17, 15) is 4.79 Å². The molecule has 1 unspecified atom stereocenters. The first kappa shape index (κ1) is 10.7. The van der Waals surface area contributed by atoms with Crippen LogP contribution in [-0.4, -0.2) is 16.9 Å². The highest BCUT2D eigenvalue weighted by Gasteiger charge is 2.18. The second kappa shape index (κ2) is 4.72. The van der Waals surface area contributed by atoms with Crippen LogP contribution in [0.3, 0.4) is 0 Å². The first-order valence-corrected chi connectivity index (χ1v) is 4.57. The predicted octanol–water partition coefficient (Wildman–Crippen LogP) is 0.606. The average Bonchev–Trinajstić information content (AvgIpc) is 2.15. The van der Waals surface area contributed by atoms with Gasteiger partial charge in [-0.2, -0.15) is 0 Å². The van der Waals surface area contributed by atoms with Gasteiger partial charge >= 0.3 is 0 Å². The maximum absolute atomic E-state index is 11.2. The van der Waals surface area contributed by atoms with Crippen LogP contribution >= 0.6 is 0 Å². The largest absolute Gasteiger partial charge is 0.368 e. The molecule has 1 atom stereocenters. The molecule has 0 aliphatic rings. The van der Waals surface area contributed by atoms with Gasteiger partial charge < -0.3 is 5.73 Å². The van der Waals surface area contributed by atoms with E-state index in [0.717, 1.165) is 0 Å². The molecular weight excluding hydrogens is 178 g/mol. The summed E-state index contributed by atoms with van der Waals surface area (Å²) >= 11 is 0. The SMILES string of the molecule is CC(C)NC(C(N)=O)c1ccccn1. The Balaban J connectivity index is 2.84. The third-order valence-electron chi connectivity index (χ3n) is 1.77. The van der Waals surface area contributed by atoms with Crippen LogP contribution in [0.4, 0.5) is 0 Å². The molecule has 0 bridgehead atoms. The van der Waals surface area contributed by atoms with E-state index in [2.05, 4.69) is 10.3 Å². The summed E-state index contributed by atoms with van der Waals surface area (Å²) in [6, 6.07) is 5.10. The lowest BCUT2D eigenvalue weighted by Gasteiger charge is -2.17. The summed E-state index contributed by atoms with van der Waals surface area (Å²) in [6.45, 7) is 3.91. The Kier molecular flexibility index (Phi) is 3.59. The van der Waals surface area contributed by atoms with Gasteiger partial charge in [0.1, 0.15) is 6.04 Å². The zero-order chi connectivity index (χ0) is 10.6. The number of primary amides is 1. The lowest BCUT2D eigenvalue weighted by molar-refractivity contribution is -0.120. The molecule has 1 aromatic rings. The number of carbonyl (C=O) groups excluding carboxylic acids is 1. The highest BCUT2D eigenvalue weighted by atomic mass is 16.1. The number of nitrogens with zero attached hydrogens (tertiary/aromatic N) is 1. The second-order valence-corrected chi connectivity index (χ2v) is 3.41. The fraction of sp³-hybridized carbons (Fsp3) is 0.400. The summed E-state index contributed by atoms with van der Waals surface area (Å²) < 4.78 is 0. The van der Waals surface area contributed by atoms with Gasteiger partial charge in [0.05, 0.1) is 5.69 Å². The fourth-order valence-electron chi connectivity index (χ4n) is 1.19. The van der Waals surface area contributed by atoms with Crippen molar-refractivity contribution in [1.82, 2.24) is 10.3 Å². The first-order valence-electron chi connectivity index (χ1n) is 4.57.